The van der Waals surface area contributed by atoms with Crippen LogP contribution in [0.2, 0.25) is 0 Å². The largest absolute Gasteiger partial charge is 0.483 e. The first-order valence-electron chi connectivity index (χ1n) is 9.18. The average molecular weight is 363 g/mol. The van der Waals surface area contributed by atoms with Gasteiger partial charge in [0.2, 0.25) is 0 Å². The molecule has 27 heavy (non-hydrogen) atoms. The zero-order chi connectivity index (χ0) is 19.2. The van der Waals surface area contributed by atoms with Gasteiger partial charge in [0.1, 0.15) is 5.75 Å². The standard InChI is InChI=1S/C22H25N3O2/c1-4-18-10-8-9-13-21(18)27-15-22(26)23-14-20-16(2)24-25(17(20)3)19-11-6-5-7-12-19/h5-13H,4,14-15H2,1-3H3,(H,23,26). The Balaban J connectivity index is 1.62. The Bertz CT molecular complexity index is 917. The van der Waals surface area contributed by atoms with Gasteiger partial charge in [-0.15, -0.1) is 0 Å². The van der Waals surface area contributed by atoms with Crippen LogP contribution in [0, 0.1) is 13.8 Å². The summed E-state index contributed by atoms with van der Waals surface area (Å²) in [5, 5.41) is 7.54. The number of hydrogen-bond acceptors (Lipinski definition) is 3. The van der Waals surface area contributed by atoms with Crippen molar-refractivity contribution in [3.8, 4) is 11.4 Å². The first-order valence-corrected chi connectivity index (χ1v) is 9.18. The first-order chi connectivity index (χ1) is 13.1. The highest BCUT2D eigenvalue weighted by Crippen LogP contribution is 2.19. The predicted molar refractivity (Wildman–Crippen MR) is 106 cm³/mol. The van der Waals surface area contributed by atoms with E-state index < -0.39 is 0 Å². The SMILES string of the molecule is CCc1ccccc1OCC(=O)NCc1c(C)nn(-c2ccccc2)c1C. The number of para-hydroxylation sites is 2. The molecule has 0 aliphatic rings. The van der Waals surface area contributed by atoms with Crippen molar-refractivity contribution in [3.63, 3.8) is 0 Å². The van der Waals surface area contributed by atoms with Crippen molar-refractivity contribution in [1.82, 2.24) is 15.1 Å². The molecular formula is C22H25N3O2. The highest BCUT2D eigenvalue weighted by atomic mass is 16.5. The van der Waals surface area contributed by atoms with E-state index in [1.165, 1.54) is 0 Å². The summed E-state index contributed by atoms with van der Waals surface area (Å²) in [4.78, 5) is 12.2. The number of nitrogens with one attached hydrogen (secondary N) is 1. The monoisotopic (exact) mass is 363 g/mol. The minimum absolute atomic E-state index is 0.00192. The Morgan fingerprint density at radius 3 is 2.52 bits per heavy atom. The Hall–Kier alpha value is -3.08. The molecular weight excluding hydrogens is 338 g/mol. The minimum atomic E-state index is -0.146. The van der Waals surface area contributed by atoms with Gasteiger partial charge < -0.3 is 10.1 Å². The number of carbonyl (C=O) groups is 1. The summed E-state index contributed by atoms with van der Waals surface area (Å²) < 4.78 is 7.59. The van der Waals surface area contributed by atoms with Gasteiger partial charge in [-0.1, -0.05) is 43.3 Å². The summed E-state index contributed by atoms with van der Waals surface area (Å²) in [6, 6.07) is 17.8. The van der Waals surface area contributed by atoms with Gasteiger partial charge in [0.15, 0.2) is 6.61 Å². The third-order valence-electron chi connectivity index (χ3n) is 4.62. The van der Waals surface area contributed by atoms with E-state index in [-0.39, 0.29) is 12.5 Å². The molecule has 2 aromatic carbocycles. The molecule has 0 unspecified atom stereocenters. The second-order valence-corrected chi connectivity index (χ2v) is 6.42. The fourth-order valence-corrected chi connectivity index (χ4v) is 3.07. The lowest BCUT2D eigenvalue weighted by atomic mass is 10.1. The summed E-state index contributed by atoms with van der Waals surface area (Å²) in [6.07, 6.45) is 0.870. The maximum Gasteiger partial charge on any atom is 0.258 e. The van der Waals surface area contributed by atoms with Crippen LogP contribution in [-0.2, 0) is 17.8 Å². The molecule has 0 bridgehead atoms. The van der Waals surface area contributed by atoms with Gasteiger partial charge in [-0.25, -0.2) is 4.68 Å². The van der Waals surface area contributed by atoms with E-state index in [0.717, 1.165) is 40.4 Å². The van der Waals surface area contributed by atoms with Crippen molar-refractivity contribution < 1.29 is 9.53 Å². The zero-order valence-electron chi connectivity index (χ0n) is 16.0. The van der Waals surface area contributed by atoms with Crippen LogP contribution in [0.5, 0.6) is 5.75 Å². The van der Waals surface area contributed by atoms with Crippen LogP contribution < -0.4 is 10.1 Å². The lowest BCUT2D eigenvalue weighted by Gasteiger charge is -2.11. The molecule has 1 amide bonds. The smallest absolute Gasteiger partial charge is 0.258 e. The van der Waals surface area contributed by atoms with Crippen LogP contribution in [0.1, 0.15) is 29.4 Å². The molecule has 0 aliphatic heterocycles. The lowest BCUT2D eigenvalue weighted by Crippen LogP contribution is -2.29. The van der Waals surface area contributed by atoms with E-state index >= 15 is 0 Å². The summed E-state index contributed by atoms with van der Waals surface area (Å²) >= 11 is 0. The van der Waals surface area contributed by atoms with Crippen molar-refractivity contribution in [3.05, 3.63) is 77.1 Å². The Morgan fingerprint density at radius 2 is 1.78 bits per heavy atom. The molecule has 0 aliphatic carbocycles. The molecule has 5 heteroatoms. The molecule has 5 nitrogen and oxygen atoms in total. The van der Waals surface area contributed by atoms with Crippen molar-refractivity contribution >= 4 is 5.91 Å². The Kier molecular flexibility index (Phi) is 5.91. The highest BCUT2D eigenvalue weighted by molar-refractivity contribution is 5.77. The predicted octanol–water partition coefficient (Wildman–Crippen LogP) is 3.75. The van der Waals surface area contributed by atoms with E-state index in [9.17, 15) is 4.79 Å². The Labute approximate surface area is 160 Å². The van der Waals surface area contributed by atoms with Crippen LogP contribution in [0.4, 0.5) is 0 Å². The minimum Gasteiger partial charge on any atom is -0.483 e. The second kappa shape index (κ2) is 8.54. The molecule has 0 saturated heterocycles. The van der Waals surface area contributed by atoms with Gasteiger partial charge in [-0.05, 0) is 44.0 Å². The maximum absolute atomic E-state index is 12.2. The van der Waals surface area contributed by atoms with E-state index in [1.807, 2.05) is 73.1 Å². The molecule has 0 atom stereocenters. The average Bonchev–Trinajstić information content (AvgIpc) is 2.99. The normalized spacial score (nSPS) is 10.6. The highest BCUT2D eigenvalue weighted by Gasteiger charge is 2.14. The summed E-state index contributed by atoms with van der Waals surface area (Å²) in [7, 11) is 0. The fourth-order valence-electron chi connectivity index (χ4n) is 3.07. The van der Waals surface area contributed by atoms with E-state index in [2.05, 4.69) is 17.3 Å². The van der Waals surface area contributed by atoms with Crippen molar-refractivity contribution in [2.24, 2.45) is 0 Å². The third-order valence-corrected chi connectivity index (χ3v) is 4.62. The molecule has 1 N–H and O–H groups in total. The summed E-state index contributed by atoms with van der Waals surface area (Å²) in [6.45, 7) is 6.48. The number of carbonyl (C=O) groups excluding carboxylic acids is 1. The van der Waals surface area contributed by atoms with Crippen LogP contribution in [0.25, 0.3) is 5.69 Å². The number of aryl methyl sites for hydroxylation is 2. The van der Waals surface area contributed by atoms with Gasteiger partial charge in [-0.3, -0.25) is 4.79 Å². The fraction of sp³-hybridized carbons (Fsp3) is 0.273. The van der Waals surface area contributed by atoms with Crippen molar-refractivity contribution in [2.45, 2.75) is 33.7 Å². The maximum atomic E-state index is 12.2. The summed E-state index contributed by atoms with van der Waals surface area (Å²) in [5.41, 5.74) is 5.07. The van der Waals surface area contributed by atoms with E-state index in [1.54, 1.807) is 0 Å². The van der Waals surface area contributed by atoms with Gasteiger partial charge in [0.05, 0.1) is 11.4 Å². The summed E-state index contributed by atoms with van der Waals surface area (Å²) in [5.74, 6) is 0.617. The molecule has 3 rings (SSSR count). The first kappa shape index (κ1) is 18.7. The molecule has 140 valence electrons. The third kappa shape index (κ3) is 4.37. The topological polar surface area (TPSA) is 56.1 Å². The Morgan fingerprint density at radius 1 is 1.07 bits per heavy atom. The van der Waals surface area contributed by atoms with Gasteiger partial charge in [0, 0.05) is 17.8 Å². The van der Waals surface area contributed by atoms with Gasteiger partial charge >= 0.3 is 0 Å². The quantitative estimate of drug-likeness (QED) is 0.696. The number of nitrogens with zero attached hydrogens (tertiary/aromatic N) is 2. The zero-order valence-corrected chi connectivity index (χ0v) is 16.0. The number of rotatable bonds is 7. The molecule has 0 spiro atoms. The number of benzene rings is 2. The second-order valence-electron chi connectivity index (χ2n) is 6.42. The van der Waals surface area contributed by atoms with Gasteiger partial charge in [0.25, 0.3) is 5.91 Å². The van der Waals surface area contributed by atoms with Crippen molar-refractivity contribution in [1.29, 1.82) is 0 Å². The molecule has 1 aromatic heterocycles. The van der Waals surface area contributed by atoms with Crippen LogP contribution in [0.15, 0.2) is 54.6 Å². The van der Waals surface area contributed by atoms with Gasteiger partial charge in [-0.2, -0.15) is 5.10 Å². The van der Waals surface area contributed by atoms with Crippen molar-refractivity contribution in [2.75, 3.05) is 6.61 Å². The van der Waals surface area contributed by atoms with Crippen LogP contribution in [0.3, 0.4) is 0 Å². The molecule has 0 saturated carbocycles. The molecule has 3 aromatic rings. The number of ether oxygens (including phenoxy) is 1. The lowest BCUT2D eigenvalue weighted by molar-refractivity contribution is -0.123. The van der Waals surface area contributed by atoms with E-state index in [0.29, 0.717) is 6.54 Å². The van der Waals surface area contributed by atoms with E-state index in [4.69, 9.17) is 4.74 Å². The molecule has 0 fully saturated rings. The van der Waals surface area contributed by atoms with Crippen LogP contribution >= 0.6 is 0 Å². The number of amides is 1. The number of aromatic nitrogens is 2. The number of hydrogen-bond donors (Lipinski definition) is 1. The molecule has 0 radical (unpaired) electrons. The molecule has 1 heterocycles. The van der Waals surface area contributed by atoms with Crippen LogP contribution in [-0.4, -0.2) is 22.3 Å².